The van der Waals surface area contributed by atoms with E-state index in [1.54, 1.807) is 7.05 Å². The van der Waals surface area contributed by atoms with E-state index in [1.165, 1.54) is 11.3 Å². The second-order valence-corrected chi connectivity index (χ2v) is 8.63. The molecule has 6 heteroatoms. The summed E-state index contributed by atoms with van der Waals surface area (Å²) >= 11 is 0. The van der Waals surface area contributed by atoms with Crippen LogP contribution in [0.5, 0.6) is 0 Å². The lowest BCUT2D eigenvalue weighted by Gasteiger charge is -2.37. The van der Waals surface area contributed by atoms with Gasteiger partial charge in [-0.1, -0.05) is 25.1 Å². The Morgan fingerprint density at radius 3 is 3.00 bits per heavy atom. The number of hydrogen-bond acceptors (Lipinski definition) is 4. The van der Waals surface area contributed by atoms with Crippen LogP contribution < -0.4 is 0 Å². The van der Waals surface area contributed by atoms with Crippen LogP contribution in [0.25, 0.3) is 10.9 Å². The Labute approximate surface area is 176 Å². The van der Waals surface area contributed by atoms with E-state index in [0.29, 0.717) is 11.6 Å². The first kappa shape index (κ1) is 19.0. The highest BCUT2D eigenvalue weighted by Gasteiger charge is 2.32. The van der Waals surface area contributed by atoms with Gasteiger partial charge in [-0.2, -0.15) is 5.10 Å². The third kappa shape index (κ3) is 3.30. The Morgan fingerprint density at radius 2 is 2.17 bits per heavy atom. The summed E-state index contributed by atoms with van der Waals surface area (Å²) in [6.45, 7) is 4.66. The van der Waals surface area contributed by atoms with Gasteiger partial charge in [0.1, 0.15) is 0 Å². The van der Waals surface area contributed by atoms with Crippen molar-refractivity contribution in [2.24, 2.45) is 10.9 Å². The molecular weight excluding hydrogens is 374 g/mol. The van der Waals surface area contributed by atoms with Crippen molar-refractivity contribution in [2.75, 3.05) is 20.1 Å². The molecule has 1 amide bonds. The van der Waals surface area contributed by atoms with Crippen molar-refractivity contribution >= 4 is 23.0 Å². The summed E-state index contributed by atoms with van der Waals surface area (Å²) in [7, 11) is 1.78. The van der Waals surface area contributed by atoms with E-state index in [0.717, 1.165) is 55.4 Å². The second kappa shape index (κ2) is 7.67. The highest BCUT2D eigenvalue weighted by atomic mass is 16.2. The maximum Gasteiger partial charge on any atom is 0.274 e. The molecule has 0 saturated carbocycles. The third-order valence-corrected chi connectivity index (χ3v) is 6.37. The zero-order valence-corrected chi connectivity index (χ0v) is 17.6. The van der Waals surface area contributed by atoms with Crippen LogP contribution in [-0.4, -0.2) is 51.9 Å². The number of carbonyl (C=O) groups excluding carboxylic acids is 1. The Hall–Kier alpha value is -3.02. The zero-order valence-electron chi connectivity index (χ0n) is 17.6. The molecule has 3 aromatic rings. The number of hydrogen-bond donors (Lipinski definition) is 0. The van der Waals surface area contributed by atoms with Gasteiger partial charge in [0.25, 0.3) is 5.91 Å². The molecule has 0 radical (unpaired) electrons. The van der Waals surface area contributed by atoms with E-state index in [1.807, 2.05) is 34.1 Å². The summed E-state index contributed by atoms with van der Waals surface area (Å²) in [6.07, 6.45) is 6.90. The van der Waals surface area contributed by atoms with Gasteiger partial charge in [0.15, 0.2) is 5.69 Å². The minimum atomic E-state index is 0.0608. The van der Waals surface area contributed by atoms with Gasteiger partial charge in [-0.25, -0.2) is 0 Å². The molecule has 6 nitrogen and oxygen atoms in total. The van der Waals surface area contributed by atoms with Crippen molar-refractivity contribution in [3.63, 3.8) is 0 Å². The molecule has 5 rings (SSSR count). The average molecular weight is 402 g/mol. The SMILES string of the molecule is C/N=C\c1ccc([C@H]2C[C@@H](C)CN(C(=O)c3cc4n(n3)CCC4)C2)c2cccnc12. The van der Waals surface area contributed by atoms with E-state index in [9.17, 15) is 4.79 Å². The molecule has 2 aliphatic heterocycles. The Balaban J connectivity index is 1.46. The molecule has 154 valence electrons. The largest absolute Gasteiger partial charge is 0.336 e. The van der Waals surface area contributed by atoms with Crippen LogP contribution in [0, 0.1) is 5.92 Å². The molecule has 30 heavy (non-hydrogen) atoms. The van der Waals surface area contributed by atoms with Crippen molar-refractivity contribution in [3.8, 4) is 0 Å². The first-order chi connectivity index (χ1) is 14.6. The normalized spacial score (nSPS) is 21.5. The molecule has 2 aliphatic rings. The predicted octanol–water partition coefficient (Wildman–Crippen LogP) is 3.69. The van der Waals surface area contributed by atoms with E-state index >= 15 is 0 Å². The highest BCUT2D eigenvalue weighted by molar-refractivity contribution is 5.99. The number of fused-ring (bicyclic) bond motifs is 2. The van der Waals surface area contributed by atoms with Gasteiger partial charge in [-0.3, -0.25) is 19.5 Å². The van der Waals surface area contributed by atoms with Crippen molar-refractivity contribution in [2.45, 2.75) is 38.6 Å². The number of aliphatic imine (C=N–C) groups is 1. The Bertz CT molecular complexity index is 1110. The first-order valence-electron chi connectivity index (χ1n) is 10.8. The van der Waals surface area contributed by atoms with Crippen LogP contribution >= 0.6 is 0 Å². The summed E-state index contributed by atoms with van der Waals surface area (Å²) in [4.78, 5) is 24.0. The molecule has 0 unspecified atom stereocenters. The maximum absolute atomic E-state index is 13.3. The summed E-state index contributed by atoms with van der Waals surface area (Å²) in [5.74, 6) is 0.780. The molecule has 1 aromatic carbocycles. The molecule has 0 N–H and O–H groups in total. The van der Waals surface area contributed by atoms with E-state index in [4.69, 9.17) is 0 Å². The molecule has 4 heterocycles. The smallest absolute Gasteiger partial charge is 0.274 e. The summed E-state index contributed by atoms with van der Waals surface area (Å²) in [6, 6.07) is 10.4. The summed E-state index contributed by atoms with van der Waals surface area (Å²) < 4.78 is 1.99. The molecule has 0 bridgehead atoms. The number of aryl methyl sites for hydroxylation is 2. The van der Waals surface area contributed by atoms with Crippen molar-refractivity contribution in [1.82, 2.24) is 19.7 Å². The average Bonchev–Trinajstić information content (AvgIpc) is 3.35. The van der Waals surface area contributed by atoms with Crippen LogP contribution in [0.2, 0.25) is 0 Å². The Morgan fingerprint density at radius 1 is 1.27 bits per heavy atom. The van der Waals surface area contributed by atoms with E-state index < -0.39 is 0 Å². The highest BCUT2D eigenvalue weighted by Crippen LogP contribution is 2.35. The summed E-state index contributed by atoms with van der Waals surface area (Å²) in [5.41, 5.74) is 5.05. The fourth-order valence-electron chi connectivity index (χ4n) is 5.09. The lowest BCUT2D eigenvalue weighted by atomic mass is 9.83. The van der Waals surface area contributed by atoms with Crippen molar-refractivity contribution in [3.05, 3.63) is 59.0 Å². The van der Waals surface area contributed by atoms with Crippen LogP contribution in [0.3, 0.4) is 0 Å². The van der Waals surface area contributed by atoms with Gasteiger partial charge in [0.2, 0.25) is 0 Å². The van der Waals surface area contributed by atoms with Crippen LogP contribution in [0.15, 0.2) is 41.5 Å². The molecule has 2 aromatic heterocycles. The van der Waals surface area contributed by atoms with Gasteiger partial charge in [0.05, 0.1) is 5.52 Å². The molecule has 0 spiro atoms. The van der Waals surface area contributed by atoms with Gasteiger partial charge in [-0.05, 0) is 42.9 Å². The second-order valence-electron chi connectivity index (χ2n) is 8.63. The van der Waals surface area contributed by atoms with E-state index in [-0.39, 0.29) is 11.8 Å². The number of rotatable bonds is 3. The van der Waals surface area contributed by atoms with Gasteiger partial charge < -0.3 is 4.90 Å². The monoisotopic (exact) mass is 401 g/mol. The number of piperidine rings is 1. The molecular formula is C24H27N5O. The van der Waals surface area contributed by atoms with Crippen molar-refractivity contribution < 1.29 is 4.79 Å². The van der Waals surface area contributed by atoms with Gasteiger partial charge in [-0.15, -0.1) is 0 Å². The molecule has 1 fully saturated rings. The quantitative estimate of drug-likeness (QED) is 0.629. The minimum absolute atomic E-state index is 0.0608. The number of pyridine rings is 1. The lowest BCUT2D eigenvalue weighted by Crippen LogP contribution is -2.42. The molecule has 0 aliphatic carbocycles. The zero-order chi connectivity index (χ0) is 20.7. The Kier molecular flexibility index (Phi) is 4.85. The number of amides is 1. The number of carbonyl (C=O) groups is 1. The summed E-state index contributed by atoms with van der Waals surface area (Å²) in [5, 5.41) is 5.73. The number of aromatic nitrogens is 3. The standard InChI is InChI=1S/C24H27N5O/c1-16-11-18(20-8-7-17(13-25-2)23-21(20)6-3-9-26-23)15-28(14-16)24(30)22-12-19-5-4-10-29(19)27-22/h3,6-9,12-13,16,18H,4-5,10-11,14-15H2,1-2H3/b25-13-/t16-,18+/m1/s1. The van der Waals surface area contributed by atoms with Crippen LogP contribution in [-0.2, 0) is 13.0 Å². The first-order valence-corrected chi connectivity index (χ1v) is 10.8. The van der Waals surface area contributed by atoms with Crippen molar-refractivity contribution in [1.29, 1.82) is 0 Å². The topological polar surface area (TPSA) is 63.4 Å². The lowest BCUT2D eigenvalue weighted by molar-refractivity contribution is 0.0652. The number of nitrogens with zero attached hydrogens (tertiary/aromatic N) is 5. The van der Waals surface area contributed by atoms with Crippen LogP contribution in [0.1, 0.15) is 53.0 Å². The van der Waals surface area contributed by atoms with Crippen LogP contribution in [0.4, 0.5) is 0 Å². The van der Waals surface area contributed by atoms with E-state index in [2.05, 4.69) is 40.2 Å². The predicted molar refractivity (Wildman–Crippen MR) is 118 cm³/mol. The number of benzene rings is 1. The fraction of sp³-hybridized carbons (Fsp3) is 0.417. The van der Waals surface area contributed by atoms with Gasteiger partial charge >= 0.3 is 0 Å². The third-order valence-electron chi connectivity index (χ3n) is 6.37. The van der Waals surface area contributed by atoms with Gasteiger partial charge in [0, 0.05) is 61.7 Å². The minimum Gasteiger partial charge on any atom is -0.336 e. The fourth-order valence-corrected chi connectivity index (χ4v) is 5.09. The molecule has 2 atom stereocenters. The number of likely N-dealkylation sites (tertiary alicyclic amines) is 1. The molecule has 1 saturated heterocycles. The maximum atomic E-state index is 13.3.